The molecule has 1 N–H and O–H groups in total. The fourth-order valence-corrected chi connectivity index (χ4v) is 3.84. The molecule has 0 aromatic heterocycles. The predicted octanol–water partition coefficient (Wildman–Crippen LogP) is 1.04. The van der Waals surface area contributed by atoms with Crippen LogP contribution in [0, 0.1) is 11.7 Å². The molecule has 1 amide bonds. The minimum atomic E-state index is -3.38. The van der Waals surface area contributed by atoms with Crippen LogP contribution in [0.15, 0.2) is 18.2 Å². The maximum atomic E-state index is 13.0. The molecule has 1 saturated heterocycles. The van der Waals surface area contributed by atoms with Crippen molar-refractivity contribution in [1.29, 1.82) is 0 Å². The number of amides is 1. The number of ether oxygens (including phenoxy) is 1. The van der Waals surface area contributed by atoms with Gasteiger partial charge in [0, 0.05) is 25.0 Å². The molecule has 24 heavy (non-hydrogen) atoms. The van der Waals surface area contributed by atoms with Gasteiger partial charge in [-0.3, -0.25) is 4.79 Å². The van der Waals surface area contributed by atoms with Gasteiger partial charge >= 0.3 is 0 Å². The van der Waals surface area contributed by atoms with Crippen LogP contribution in [-0.4, -0.2) is 57.7 Å². The van der Waals surface area contributed by atoms with Gasteiger partial charge in [0.1, 0.15) is 5.82 Å². The largest absolute Gasteiger partial charge is 0.379 e. The van der Waals surface area contributed by atoms with E-state index in [2.05, 4.69) is 5.32 Å². The smallest absolute Gasteiger partial charge is 0.224 e. The lowest BCUT2D eigenvalue weighted by Crippen LogP contribution is -2.44. The van der Waals surface area contributed by atoms with Gasteiger partial charge in [0.05, 0.1) is 31.4 Å². The molecule has 9 heteroatoms. The van der Waals surface area contributed by atoms with Crippen molar-refractivity contribution in [2.45, 2.75) is 12.5 Å². The number of rotatable bonds is 6. The molecule has 1 aromatic carbocycles. The van der Waals surface area contributed by atoms with Gasteiger partial charge in [0.15, 0.2) is 0 Å². The first kappa shape index (κ1) is 19.1. The highest BCUT2D eigenvalue weighted by Crippen LogP contribution is 2.20. The number of hydrogen-bond acceptors (Lipinski definition) is 4. The van der Waals surface area contributed by atoms with Crippen LogP contribution < -0.4 is 5.32 Å². The van der Waals surface area contributed by atoms with E-state index in [1.54, 1.807) is 0 Å². The topological polar surface area (TPSA) is 75.7 Å². The summed E-state index contributed by atoms with van der Waals surface area (Å²) in [5.41, 5.74) is 0.506. The number of benzene rings is 1. The molecule has 1 fully saturated rings. The van der Waals surface area contributed by atoms with Crippen molar-refractivity contribution >= 4 is 27.5 Å². The first-order valence-corrected chi connectivity index (χ1v) is 9.39. The maximum absolute atomic E-state index is 13.0. The van der Waals surface area contributed by atoms with Crippen LogP contribution in [0.5, 0.6) is 0 Å². The van der Waals surface area contributed by atoms with Crippen molar-refractivity contribution in [3.63, 3.8) is 0 Å². The predicted molar refractivity (Wildman–Crippen MR) is 88.8 cm³/mol. The summed E-state index contributed by atoms with van der Waals surface area (Å²) in [6.45, 7) is 0.534. The summed E-state index contributed by atoms with van der Waals surface area (Å²) in [5, 5.41) is 2.96. The van der Waals surface area contributed by atoms with Crippen LogP contribution in [0.3, 0.4) is 0 Å². The Morgan fingerprint density at radius 3 is 2.75 bits per heavy atom. The highest BCUT2D eigenvalue weighted by Gasteiger charge is 2.34. The highest BCUT2D eigenvalue weighted by atomic mass is 35.5. The first-order chi connectivity index (χ1) is 11.2. The second-order valence-corrected chi connectivity index (χ2v) is 8.58. The monoisotopic (exact) mass is 378 g/mol. The van der Waals surface area contributed by atoms with E-state index in [4.69, 9.17) is 16.3 Å². The Morgan fingerprint density at radius 1 is 1.42 bits per heavy atom. The zero-order valence-electron chi connectivity index (χ0n) is 13.5. The van der Waals surface area contributed by atoms with Crippen LogP contribution in [0.4, 0.5) is 4.39 Å². The van der Waals surface area contributed by atoms with Crippen LogP contribution in [0.1, 0.15) is 5.56 Å². The van der Waals surface area contributed by atoms with E-state index < -0.39 is 15.8 Å². The fraction of sp³-hybridized carbons (Fsp3) is 0.533. The maximum Gasteiger partial charge on any atom is 0.224 e. The second-order valence-electron chi connectivity index (χ2n) is 5.94. The average molecular weight is 379 g/mol. The van der Waals surface area contributed by atoms with E-state index in [1.807, 2.05) is 0 Å². The lowest BCUT2D eigenvalue weighted by molar-refractivity contribution is -0.121. The Kier molecular flexibility index (Phi) is 6.19. The summed E-state index contributed by atoms with van der Waals surface area (Å²) in [7, 11) is -0.446. The lowest BCUT2D eigenvalue weighted by Gasteiger charge is -2.21. The molecule has 6 nitrogen and oxygen atoms in total. The van der Waals surface area contributed by atoms with Gasteiger partial charge in [0.25, 0.3) is 0 Å². The van der Waals surface area contributed by atoms with Gasteiger partial charge in [-0.15, -0.1) is 0 Å². The summed E-state index contributed by atoms with van der Waals surface area (Å²) >= 11 is 5.91. The Morgan fingerprint density at radius 2 is 2.12 bits per heavy atom. The zero-order valence-corrected chi connectivity index (χ0v) is 15.0. The Balaban J connectivity index is 1.97. The normalized spacial score (nSPS) is 21.2. The summed E-state index contributed by atoms with van der Waals surface area (Å²) in [6, 6.07) is 3.46. The number of nitrogens with one attached hydrogen (secondary N) is 1. The molecule has 1 aliphatic heterocycles. The van der Waals surface area contributed by atoms with E-state index in [0.717, 1.165) is 10.4 Å². The van der Waals surface area contributed by atoms with Crippen molar-refractivity contribution in [2.24, 2.45) is 5.92 Å². The Labute approximate surface area is 146 Å². The molecule has 0 saturated carbocycles. The summed E-state index contributed by atoms with van der Waals surface area (Å²) in [6.07, 6.45) is -0.0111. The molecule has 2 rings (SSSR count). The quantitative estimate of drug-likeness (QED) is 0.802. The Hall–Kier alpha value is -1.22. The van der Waals surface area contributed by atoms with Gasteiger partial charge in [-0.05, 0) is 17.7 Å². The van der Waals surface area contributed by atoms with Crippen molar-refractivity contribution in [3.05, 3.63) is 34.6 Å². The molecule has 0 spiro atoms. The van der Waals surface area contributed by atoms with Crippen LogP contribution in [-0.2, 0) is 26.0 Å². The molecule has 1 heterocycles. The molecule has 0 aliphatic carbocycles. The standard InChI is InChI=1S/C15H20ClFN2O4S/c1-19(2)24(21,22)9-11-7-23-8-14(11)18-15(20)5-10-3-4-12(17)6-13(10)16/h3-4,6,11,14H,5,7-9H2,1-2H3,(H,18,20). The highest BCUT2D eigenvalue weighted by molar-refractivity contribution is 7.89. The number of sulfonamides is 1. The van der Waals surface area contributed by atoms with Gasteiger partial charge < -0.3 is 10.1 Å². The Bertz CT molecular complexity index is 711. The minimum absolute atomic E-state index is 0.0111. The van der Waals surface area contributed by atoms with Crippen molar-refractivity contribution in [3.8, 4) is 0 Å². The molecular formula is C15H20ClFN2O4S. The van der Waals surface area contributed by atoms with E-state index in [1.165, 1.54) is 26.2 Å². The number of halogens is 2. The molecule has 2 atom stereocenters. The van der Waals surface area contributed by atoms with Crippen LogP contribution in [0.25, 0.3) is 0 Å². The molecule has 134 valence electrons. The van der Waals surface area contributed by atoms with Gasteiger partial charge in [-0.2, -0.15) is 0 Å². The van der Waals surface area contributed by atoms with Crippen LogP contribution >= 0.6 is 11.6 Å². The van der Waals surface area contributed by atoms with Gasteiger partial charge in [-0.1, -0.05) is 17.7 Å². The van der Waals surface area contributed by atoms with Crippen LogP contribution in [0.2, 0.25) is 5.02 Å². The molecule has 2 unspecified atom stereocenters. The number of nitrogens with zero attached hydrogens (tertiary/aromatic N) is 1. The minimum Gasteiger partial charge on any atom is -0.379 e. The van der Waals surface area contributed by atoms with E-state index in [9.17, 15) is 17.6 Å². The molecule has 1 aromatic rings. The second kappa shape index (κ2) is 7.77. The van der Waals surface area contributed by atoms with Gasteiger partial charge in [0.2, 0.25) is 15.9 Å². The molecule has 0 radical (unpaired) electrons. The summed E-state index contributed by atoms with van der Waals surface area (Å²) in [5.74, 6) is -1.19. The number of carbonyl (C=O) groups is 1. The third-order valence-electron chi connectivity index (χ3n) is 3.89. The molecule has 0 bridgehead atoms. The van der Waals surface area contributed by atoms with Crippen molar-refractivity contribution in [1.82, 2.24) is 9.62 Å². The SMILES string of the molecule is CN(C)S(=O)(=O)CC1COCC1NC(=O)Cc1ccc(F)cc1Cl. The summed E-state index contributed by atoms with van der Waals surface area (Å²) in [4.78, 5) is 12.2. The van der Waals surface area contributed by atoms with E-state index in [0.29, 0.717) is 5.56 Å². The molecular weight excluding hydrogens is 359 g/mol. The first-order valence-electron chi connectivity index (χ1n) is 7.40. The lowest BCUT2D eigenvalue weighted by atomic mass is 10.1. The summed E-state index contributed by atoms with van der Waals surface area (Å²) < 4.78 is 43.5. The van der Waals surface area contributed by atoms with Crippen molar-refractivity contribution < 1.29 is 22.3 Å². The zero-order chi connectivity index (χ0) is 17.9. The number of carbonyl (C=O) groups excluding carboxylic acids is 1. The third kappa shape index (κ3) is 4.89. The number of hydrogen-bond donors (Lipinski definition) is 1. The molecule has 1 aliphatic rings. The fourth-order valence-electron chi connectivity index (χ4n) is 2.44. The van der Waals surface area contributed by atoms with E-state index in [-0.39, 0.29) is 48.3 Å². The van der Waals surface area contributed by atoms with Gasteiger partial charge in [-0.25, -0.2) is 17.1 Å². The third-order valence-corrected chi connectivity index (χ3v) is 6.21. The van der Waals surface area contributed by atoms with E-state index >= 15 is 0 Å². The van der Waals surface area contributed by atoms with Crippen molar-refractivity contribution in [2.75, 3.05) is 33.1 Å². The average Bonchev–Trinajstić information content (AvgIpc) is 2.88.